The molecule has 2 unspecified atom stereocenters. The minimum absolute atomic E-state index is 0.186. The highest BCUT2D eigenvalue weighted by Crippen LogP contribution is 2.55. The van der Waals surface area contributed by atoms with Crippen LogP contribution in [0.25, 0.3) is 0 Å². The van der Waals surface area contributed by atoms with E-state index >= 15 is 0 Å². The van der Waals surface area contributed by atoms with Crippen molar-refractivity contribution >= 4 is 79.2 Å². The predicted molar refractivity (Wildman–Crippen MR) is 338 cm³/mol. The summed E-state index contributed by atoms with van der Waals surface area (Å²) in [5, 5.41) is 105. The average Bonchev–Trinajstić information content (AvgIpc) is 3.42. The van der Waals surface area contributed by atoms with Crippen LogP contribution in [0.3, 0.4) is 0 Å². The molecule has 0 fully saturated rings. The van der Waals surface area contributed by atoms with Crippen molar-refractivity contribution in [3.05, 3.63) is 0 Å². The van der Waals surface area contributed by atoms with E-state index < -0.39 is 31.7 Å². The van der Waals surface area contributed by atoms with Gasteiger partial charge in [-0.05, 0) is 185 Å². The number of nitrogens with zero attached hydrogens (tertiary/aromatic N) is 11. The van der Waals surface area contributed by atoms with Gasteiger partial charge in [-0.3, -0.25) is 0 Å². The first-order valence-corrected chi connectivity index (χ1v) is 46.0. The monoisotopic (exact) mass is 1200 g/mol. The zero-order valence-electron chi connectivity index (χ0n) is 45.6. The molecule has 21 heteroatoms. The number of rotatable bonds is 51. The zero-order valence-corrected chi connectivity index (χ0v) is 54.5. The summed E-state index contributed by atoms with van der Waals surface area (Å²) in [7, 11) is -3.37. The zero-order chi connectivity index (χ0) is 55.3. The van der Waals surface area contributed by atoms with Crippen molar-refractivity contribution in [1.29, 1.82) is 57.9 Å². The van der Waals surface area contributed by atoms with Gasteiger partial charge in [-0.25, -0.2) is 0 Å². The summed E-state index contributed by atoms with van der Waals surface area (Å²) in [6.07, 6.45) is 39.5. The van der Waals surface area contributed by atoms with E-state index in [2.05, 4.69) is 73.7 Å². The van der Waals surface area contributed by atoms with Crippen molar-refractivity contribution in [3.8, 4) is 66.8 Å². The normalized spacial score (nSPS) is 11.8. The van der Waals surface area contributed by atoms with Gasteiger partial charge in [0.1, 0.15) is 0 Å². The Morgan fingerprint density at radius 1 is 0.160 bits per heavy atom. The lowest BCUT2D eigenvalue weighted by Crippen LogP contribution is -2.12. The van der Waals surface area contributed by atoms with E-state index in [-0.39, 0.29) is 47.5 Å². The van der Waals surface area contributed by atoms with Gasteiger partial charge in [0.2, 0.25) is 0 Å². The van der Waals surface area contributed by atoms with Crippen molar-refractivity contribution < 1.29 is 0 Å². The SMILES string of the molecule is CCCP(CCC#N)CCP(CCP(CCC#N)CCC#N)CCP(CCP(CCP(CCC#N)CCC#N)CCP(CCC#N)CCC#N)CCP(CCP(CCC#N)CCC#N)CCP(CCC#N)CCC#N. The van der Waals surface area contributed by atoms with E-state index in [9.17, 15) is 57.9 Å². The van der Waals surface area contributed by atoms with E-state index in [1.807, 2.05) is 0 Å². The Morgan fingerprint density at radius 3 is 0.347 bits per heavy atom. The summed E-state index contributed by atoms with van der Waals surface area (Å²) in [6, 6.07) is 26.1. The molecule has 408 valence electrons. The third-order valence-electron chi connectivity index (χ3n) is 13.1. The lowest BCUT2D eigenvalue weighted by atomic mass is 10.5. The molecule has 75 heavy (non-hydrogen) atoms. The van der Waals surface area contributed by atoms with Crippen LogP contribution < -0.4 is 0 Å². The fourth-order valence-electron chi connectivity index (χ4n) is 8.51. The van der Waals surface area contributed by atoms with Crippen molar-refractivity contribution in [2.45, 2.75) is 84.0 Å². The van der Waals surface area contributed by atoms with E-state index in [4.69, 9.17) is 0 Å². The molecule has 0 saturated heterocycles. The molecule has 11 nitrogen and oxygen atoms in total. The molecular formula is C54H87N11P10. The molecule has 0 aliphatic heterocycles. The van der Waals surface area contributed by atoms with Crippen molar-refractivity contribution in [2.75, 3.05) is 185 Å². The Bertz CT molecular complexity index is 1670. The van der Waals surface area contributed by atoms with Gasteiger partial charge in [0, 0.05) is 70.6 Å². The van der Waals surface area contributed by atoms with Gasteiger partial charge in [-0.15, -0.1) is 79.2 Å². The van der Waals surface area contributed by atoms with Crippen LogP contribution in [0.4, 0.5) is 0 Å². The molecule has 0 aromatic heterocycles. The quantitative estimate of drug-likeness (QED) is 0.0517. The van der Waals surface area contributed by atoms with Gasteiger partial charge in [0.15, 0.2) is 0 Å². The maximum absolute atomic E-state index is 9.53. The van der Waals surface area contributed by atoms with Crippen LogP contribution in [-0.2, 0) is 0 Å². The first-order chi connectivity index (χ1) is 36.7. The van der Waals surface area contributed by atoms with Crippen LogP contribution in [0.15, 0.2) is 0 Å². The lowest BCUT2D eigenvalue weighted by Gasteiger charge is -2.30. The Morgan fingerprint density at radius 2 is 0.253 bits per heavy atom. The fourth-order valence-corrected chi connectivity index (χ4v) is 40.8. The smallest absolute Gasteiger partial charge is 0.0625 e. The summed E-state index contributed by atoms with van der Waals surface area (Å²) in [4.78, 5) is 0. The molecule has 2 atom stereocenters. The molecule has 0 radical (unpaired) electrons. The fraction of sp³-hybridized carbons (Fsp3) is 0.796. The Hall–Kier alpha value is -1.31. The molecule has 0 spiro atoms. The topological polar surface area (TPSA) is 262 Å². The van der Waals surface area contributed by atoms with Crippen molar-refractivity contribution in [2.24, 2.45) is 0 Å². The number of hydrogen-bond acceptors (Lipinski definition) is 11. The largest absolute Gasteiger partial charge is 0.198 e. The Labute approximate surface area is 469 Å². The van der Waals surface area contributed by atoms with Gasteiger partial charge in [0.25, 0.3) is 0 Å². The van der Waals surface area contributed by atoms with E-state index in [0.717, 1.165) is 130 Å². The van der Waals surface area contributed by atoms with Crippen LogP contribution in [0.5, 0.6) is 0 Å². The second-order valence-electron chi connectivity index (χ2n) is 18.4. The summed E-state index contributed by atoms with van der Waals surface area (Å²) in [5.74, 6) is 0. The first-order valence-electron chi connectivity index (χ1n) is 27.0. The number of nitriles is 11. The van der Waals surface area contributed by atoms with Crippen molar-refractivity contribution in [3.63, 3.8) is 0 Å². The van der Waals surface area contributed by atoms with Gasteiger partial charge < -0.3 is 0 Å². The minimum atomic E-state index is -0.395. The molecule has 0 aromatic rings. The van der Waals surface area contributed by atoms with E-state index in [1.165, 1.54) is 61.6 Å². The predicted octanol–water partition coefficient (Wildman–Crippen LogP) is 15.3. The van der Waals surface area contributed by atoms with Gasteiger partial charge in [-0.1, -0.05) is 13.3 Å². The molecule has 0 saturated carbocycles. The minimum Gasteiger partial charge on any atom is -0.198 e. The van der Waals surface area contributed by atoms with Crippen LogP contribution >= 0.6 is 79.2 Å². The van der Waals surface area contributed by atoms with Crippen LogP contribution in [0, 0.1) is 125 Å². The maximum Gasteiger partial charge on any atom is 0.0625 e. The van der Waals surface area contributed by atoms with E-state index in [1.54, 1.807) is 0 Å². The summed E-state index contributed by atoms with van der Waals surface area (Å²) < 4.78 is 0. The number of hydrogen-bond donors (Lipinski definition) is 0. The van der Waals surface area contributed by atoms with E-state index in [0.29, 0.717) is 70.6 Å². The second-order valence-corrected chi connectivity index (χ2v) is 45.2. The summed E-state index contributed by atoms with van der Waals surface area (Å²) in [6.45, 7) is 2.26. The lowest BCUT2D eigenvalue weighted by molar-refractivity contribution is 1.08. The third kappa shape index (κ3) is 44.2. The third-order valence-corrected chi connectivity index (χ3v) is 42.2. The van der Waals surface area contributed by atoms with Gasteiger partial charge in [0.05, 0.1) is 66.8 Å². The van der Waals surface area contributed by atoms with Gasteiger partial charge >= 0.3 is 0 Å². The molecule has 0 bridgehead atoms. The summed E-state index contributed by atoms with van der Waals surface area (Å²) >= 11 is 0. The first kappa shape index (κ1) is 73.7. The highest BCUT2D eigenvalue weighted by molar-refractivity contribution is 7.68. The molecule has 0 amide bonds. The van der Waals surface area contributed by atoms with Crippen LogP contribution in [0.2, 0.25) is 0 Å². The van der Waals surface area contributed by atoms with Crippen LogP contribution in [-0.4, -0.2) is 185 Å². The molecule has 0 heterocycles. The summed E-state index contributed by atoms with van der Waals surface area (Å²) in [5.41, 5.74) is 0. The molecule has 0 aromatic carbocycles. The Balaban J connectivity index is 7.25. The second kappa shape index (κ2) is 56.0. The highest BCUT2D eigenvalue weighted by Gasteiger charge is 2.23. The molecule has 0 N–H and O–H groups in total. The molecule has 0 rings (SSSR count). The maximum atomic E-state index is 9.53. The Kier molecular flexibility index (Phi) is 55.0. The average molecular weight is 1200 g/mol. The van der Waals surface area contributed by atoms with Crippen molar-refractivity contribution in [1.82, 2.24) is 0 Å². The molecule has 0 aliphatic rings. The molecular weight excluding hydrogens is 1110 g/mol. The molecule has 0 aliphatic carbocycles. The van der Waals surface area contributed by atoms with Crippen LogP contribution in [0.1, 0.15) is 84.0 Å². The van der Waals surface area contributed by atoms with Gasteiger partial charge in [-0.2, -0.15) is 57.9 Å². The standard InChI is InChI=1S/C54H87N11P10/c1-2-25-66(26-3-14-55)37-43-72(44-38-67(27-4-15-56)28-5-16-57)49-52-75(53-50-73(45-39-68(29-6-17-58)30-7-18-59)46-40-69(31-8-19-60)32-9-20-61)54-51-74(47-41-70(33-10-21-62)34-11-22-63)48-42-71(35-12-23-64)36-13-24-65/h2-13,25-54H2,1H3. The highest BCUT2D eigenvalue weighted by atomic mass is 31.1.